The molecule has 1 heterocycles. The van der Waals surface area contributed by atoms with Gasteiger partial charge in [0.1, 0.15) is 5.78 Å². The van der Waals surface area contributed by atoms with E-state index in [4.69, 9.17) is 0 Å². The fourth-order valence-electron chi connectivity index (χ4n) is 0.905. The quantitative estimate of drug-likeness (QED) is 0.519. The van der Waals surface area contributed by atoms with E-state index >= 15 is 0 Å². The number of ketones is 1. The Balaban J connectivity index is 2.00. The van der Waals surface area contributed by atoms with Crippen molar-refractivity contribution in [2.24, 2.45) is 0 Å². The second-order valence-corrected chi connectivity index (χ2v) is 2.80. The highest BCUT2D eigenvalue weighted by atomic mass is 16.1. The van der Waals surface area contributed by atoms with Gasteiger partial charge in [-0.15, -0.1) is 0 Å². The topological polar surface area (TPSA) is 20.1 Å². The van der Waals surface area contributed by atoms with Gasteiger partial charge in [-0.2, -0.15) is 0 Å². The third-order valence-corrected chi connectivity index (χ3v) is 1.74. The summed E-state index contributed by atoms with van der Waals surface area (Å²) in [5, 5.41) is 0. The van der Waals surface area contributed by atoms with Gasteiger partial charge in [0.25, 0.3) is 0 Å². The Labute approximate surface area is 55.8 Å². The molecule has 1 rings (SSSR count). The van der Waals surface area contributed by atoms with Gasteiger partial charge in [-0.25, -0.2) is 0 Å². The number of rotatable bonds is 3. The summed E-state index contributed by atoms with van der Waals surface area (Å²) >= 11 is 0. The molecule has 2 unspecified atom stereocenters. The third-order valence-electron chi connectivity index (χ3n) is 1.74. The van der Waals surface area contributed by atoms with E-state index < -0.39 is 0 Å². The standard InChI is InChI=1S/C7H13NO/c1-6-5-8(6)4-3-7(2)9/h6H,3-5H2,1-2H3. The molecule has 9 heavy (non-hydrogen) atoms. The van der Waals surface area contributed by atoms with Crippen LogP contribution in [0.15, 0.2) is 0 Å². The molecule has 1 aliphatic rings. The summed E-state index contributed by atoms with van der Waals surface area (Å²) in [6, 6.07) is 0.740. The molecule has 1 aliphatic heterocycles. The molecule has 2 atom stereocenters. The molecule has 0 spiro atoms. The lowest BCUT2D eigenvalue weighted by molar-refractivity contribution is -0.117. The van der Waals surface area contributed by atoms with Gasteiger partial charge in [-0.3, -0.25) is 9.69 Å². The monoisotopic (exact) mass is 127 g/mol. The highest BCUT2D eigenvalue weighted by Crippen LogP contribution is 2.15. The summed E-state index contributed by atoms with van der Waals surface area (Å²) in [7, 11) is 0. The molecular formula is C7H13NO. The minimum Gasteiger partial charge on any atom is -0.300 e. The lowest BCUT2D eigenvalue weighted by Crippen LogP contribution is -2.05. The molecule has 0 radical (unpaired) electrons. The molecule has 2 heteroatoms. The Morgan fingerprint density at radius 3 is 2.67 bits per heavy atom. The Morgan fingerprint density at radius 1 is 1.78 bits per heavy atom. The van der Waals surface area contributed by atoms with Crippen LogP contribution in [-0.4, -0.2) is 29.8 Å². The average molecular weight is 127 g/mol. The molecule has 0 aliphatic carbocycles. The van der Waals surface area contributed by atoms with E-state index in [1.807, 2.05) is 0 Å². The number of hydrogen-bond acceptors (Lipinski definition) is 2. The second kappa shape index (κ2) is 2.48. The van der Waals surface area contributed by atoms with Gasteiger partial charge in [0.15, 0.2) is 0 Å². The molecular weight excluding hydrogens is 114 g/mol. The molecule has 0 amide bonds. The van der Waals surface area contributed by atoms with Crippen molar-refractivity contribution in [3.8, 4) is 0 Å². The molecule has 1 fully saturated rings. The van der Waals surface area contributed by atoms with Crippen molar-refractivity contribution in [1.82, 2.24) is 4.90 Å². The maximum absolute atomic E-state index is 10.5. The smallest absolute Gasteiger partial charge is 0.131 e. The fourth-order valence-corrected chi connectivity index (χ4v) is 0.905. The third kappa shape index (κ3) is 2.14. The van der Waals surface area contributed by atoms with Crippen LogP contribution in [0.2, 0.25) is 0 Å². The van der Waals surface area contributed by atoms with Gasteiger partial charge in [-0.1, -0.05) is 0 Å². The molecule has 0 aromatic rings. The van der Waals surface area contributed by atoms with Crippen molar-refractivity contribution < 1.29 is 4.79 Å². The SMILES string of the molecule is CC(=O)CCN1CC1C. The zero-order valence-electron chi connectivity index (χ0n) is 6.05. The van der Waals surface area contributed by atoms with Gasteiger partial charge < -0.3 is 0 Å². The summed E-state index contributed by atoms with van der Waals surface area (Å²) in [6.45, 7) is 5.98. The van der Waals surface area contributed by atoms with E-state index in [9.17, 15) is 4.79 Å². The highest BCUT2D eigenvalue weighted by molar-refractivity contribution is 5.75. The van der Waals surface area contributed by atoms with Crippen LogP contribution < -0.4 is 0 Å². The molecule has 2 nitrogen and oxygen atoms in total. The van der Waals surface area contributed by atoms with Gasteiger partial charge in [0, 0.05) is 25.6 Å². The predicted octanol–water partition coefficient (Wildman–Crippen LogP) is 0.670. The van der Waals surface area contributed by atoms with Crippen molar-refractivity contribution >= 4 is 5.78 Å². The second-order valence-electron chi connectivity index (χ2n) is 2.80. The van der Waals surface area contributed by atoms with E-state index in [1.165, 1.54) is 6.54 Å². The Kier molecular flexibility index (Phi) is 1.86. The number of Topliss-reactive ketones (excluding diaryl/α,β-unsaturated/α-hetero) is 1. The van der Waals surface area contributed by atoms with Gasteiger partial charge >= 0.3 is 0 Å². The van der Waals surface area contributed by atoms with E-state index in [0.717, 1.165) is 19.0 Å². The van der Waals surface area contributed by atoms with Crippen LogP contribution in [0.1, 0.15) is 20.3 Å². The highest BCUT2D eigenvalue weighted by Gasteiger charge is 2.27. The first-order chi connectivity index (χ1) is 4.20. The molecule has 0 bridgehead atoms. The number of carbonyl (C=O) groups excluding carboxylic acids is 1. The first kappa shape index (κ1) is 6.75. The molecule has 0 aromatic heterocycles. The number of hydrogen-bond donors (Lipinski definition) is 0. The van der Waals surface area contributed by atoms with Crippen molar-refractivity contribution in [1.29, 1.82) is 0 Å². The Bertz CT molecular complexity index is 122. The van der Waals surface area contributed by atoms with E-state index in [2.05, 4.69) is 11.8 Å². The fraction of sp³-hybridized carbons (Fsp3) is 0.857. The van der Waals surface area contributed by atoms with Crippen LogP contribution in [0.4, 0.5) is 0 Å². The summed E-state index contributed by atoms with van der Waals surface area (Å²) in [5.74, 6) is 0.300. The molecule has 0 saturated carbocycles. The Hall–Kier alpha value is -0.370. The maximum atomic E-state index is 10.5. The summed E-state index contributed by atoms with van der Waals surface area (Å²) in [5.41, 5.74) is 0. The van der Waals surface area contributed by atoms with Gasteiger partial charge in [-0.05, 0) is 13.8 Å². The van der Waals surface area contributed by atoms with Crippen molar-refractivity contribution in [2.45, 2.75) is 26.3 Å². The summed E-state index contributed by atoms with van der Waals surface area (Å²) in [4.78, 5) is 12.7. The Morgan fingerprint density at radius 2 is 2.33 bits per heavy atom. The molecule has 0 N–H and O–H groups in total. The van der Waals surface area contributed by atoms with Crippen molar-refractivity contribution in [3.63, 3.8) is 0 Å². The van der Waals surface area contributed by atoms with E-state index in [1.54, 1.807) is 6.92 Å². The molecule has 52 valence electrons. The van der Waals surface area contributed by atoms with Crippen LogP contribution in [-0.2, 0) is 4.79 Å². The molecule has 0 aromatic carbocycles. The van der Waals surface area contributed by atoms with Gasteiger partial charge in [0.05, 0.1) is 0 Å². The largest absolute Gasteiger partial charge is 0.300 e. The van der Waals surface area contributed by atoms with Crippen molar-refractivity contribution in [2.75, 3.05) is 13.1 Å². The maximum Gasteiger partial charge on any atom is 0.131 e. The lowest BCUT2D eigenvalue weighted by atomic mass is 10.3. The lowest BCUT2D eigenvalue weighted by Gasteiger charge is -1.95. The van der Waals surface area contributed by atoms with Crippen LogP contribution in [0.3, 0.4) is 0 Å². The minimum atomic E-state index is 0.300. The summed E-state index contributed by atoms with van der Waals surface area (Å²) < 4.78 is 0. The normalized spacial score (nSPS) is 32.2. The first-order valence-electron chi connectivity index (χ1n) is 3.43. The average Bonchev–Trinajstić information content (AvgIpc) is 2.42. The van der Waals surface area contributed by atoms with Crippen molar-refractivity contribution in [3.05, 3.63) is 0 Å². The minimum absolute atomic E-state index is 0.300. The van der Waals surface area contributed by atoms with Crippen LogP contribution >= 0.6 is 0 Å². The van der Waals surface area contributed by atoms with Crippen LogP contribution in [0.5, 0.6) is 0 Å². The van der Waals surface area contributed by atoms with E-state index in [-0.39, 0.29) is 0 Å². The van der Waals surface area contributed by atoms with E-state index in [0.29, 0.717) is 5.78 Å². The van der Waals surface area contributed by atoms with Gasteiger partial charge in [0.2, 0.25) is 0 Å². The molecule has 1 saturated heterocycles. The van der Waals surface area contributed by atoms with Crippen LogP contribution in [0.25, 0.3) is 0 Å². The zero-order chi connectivity index (χ0) is 6.85. The summed E-state index contributed by atoms with van der Waals surface area (Å²) in [6.07, 6.45) is 0.727. The zero-order valence-corrected chi connectivity index (χ0v) is 6.05. The van der Waals surface area contributed by atoms with Crippen LogP contribution in [0, 0.1) is 0 Å². The number of nitrogens with zero attached hydrogens (tertiary/aromatic N) is 1. The number of carbonyl (C=O) groups is 1. The first-order valence-corrected chi connectivity index (χ1v) is 3.43. The predicted molar refractivity (Wildman–Crippen MR) is 36.3 cm³/mol.